The van der Waals surface area contributed by atoms with Crippen LogP contribution >= 0.6 is 0 Å². The molecule has 3 rings (SSSR count). The second-order valence-corrected chi connectivity index (χ2v) is 6.28. The van der Waals surface area contributed by atoms with Gasteiger partial charge in [-0.15, -0.1) is 0 Å². The number of carbonyl (C=O) groups excluding carboxylic acids is 1. The van der Waals surface area contributed by atoms with Gasteiger partial charge in [0.15, 0.2) is 0 Å². The summed E-state index contributed by atoms with van der Waals surface area (Å²) >= 11 is 0. The quantitative estimate of drug-likeness (QED) is 0.750. The molecular weight excluding hydrogens is 318 g/mol. The van der Waals surface area contributed by atoms with E-state index in [9.17, 15) is 9.90 Å². The predicted octanol–water partition coefficient (Wildman–Crippen LogP) is 1.32. The van der Waals surface area contributed by atoms with Gasteiger partial charge in [0.2, 0.25) is 5.91 Å². The van der Waals surface area contributed by atoms with E-state index in [-0.39, 0.29) is 12.0 Å². The Morgan fingerprint density at radius 1 is 1.36 bits per heavy atom. The first-order valence-electron chi connectivity index (χ1n) is 8.84. The van der Waals surface area contributed by atoms with Crippen molar-refractivity contribution in [1.82, 2.24) is 10.3 Å². The highest BCUT2D eigenvalue weighted by atomic mass is 16.3. The van der Waals surface area contributed by atoms with Crippen LogP contribution in [-0.4, -0.2) is 54.5 Å². The lowest BCUT2D eigenvalue weighted by atomic mass is 10.1. The Morgan fingerprint density at radius 3 is 2.84 bits per heavy atom. The minimum Gasteiger partial charge on any atom is -0.393 e. The number of carbonyl (C=O) groups is 1. The fourth-order valence-electron chi connectivity index (χ4n) is 3.06. The molecule has 1 amide bonds. The van der Waals surface area contributed by atoms with Crippen LogP contribution in [0.25, 0.3) is 0 Å². The molecule has 2 aliphatic heterocycles. The van der Waals surface area contributed by atoms with Gasteiger partial charge in [0, 0.05) is 38.0 Å². The van der Waals surface area contributed by atoms with Gasteiger partial charge in [0.1, 0.15) is 5.82 Å². The molecule has 1 aromatic heterocycles. The molecule has 0 spiro atoms. The van der Waals surface area contributed by atoms with Crippen molar-refractivity contribution in [1.29, 1.82) is 0 Å². The van der Waals surface area contributed by atoms with E-state index in [1.54, 1.807) is 6.21 Å². The molecule has 0 saturated carbocycles. The Labute approximate surface area is 147 Å². The summed E-state index contributed by atoms with van der Waals surface area (Å²) in [6.45, 7) is 4.82. The number of nitrogens with zero attached hydrogens (tertiary/aromatic N) is 3. The molecule has 7 heteroatoms. The molecule has 0 radical (unpaired) electrons. The fraction of sp³-hybridized carbons (Fsp3) is 0.500. The van der Waals surface area contributed by atoms with E-state index in [1.807, 2.05) is 25.3 Å². The van der Waals surface area contributed by atoms with Gasteiger partial charge in [-0.25, -0.2) is 4.98 Å². The number of nitrogens with one attached hydrogen (secondary N) is 2. The van der Waals surface area contributed by atoms with E-state index in [1.165, 1.54) is 0 Å². The molecular formula is C18H25N5O2. The van der Waals surface area contributed by atoms with Crippen LogP contribution in [-0.2, 0) is 4.79 Å². The number of hydrogen-bond acceptors (Lipinski definition) is 6. The molecule has 134 valence electrons. The van der Waals surface area contributed by atoms with E-state index in [4.69, 9.17) is 0 Å². The monoisotopic (exact) mass is 343 g/mol. The number of piperidine rings is 1. The topological polar surface area (TPSA) is 89.9 Å². The van der Waals surface area contributed by atoms with Gasteiger partial charge in [0.05, 0.1) is 23.7 Å². The normalized spacial score (nSPS) is 18.4. The van der Waals surface area contributed by atoms with Crippen molar-refractivity contribution in [3.05, 3.63) is 29.6 Å². The Balaban J connectivity index is 1.69. The zero-order valence-corrected chi connectivity index (χ0v) is 14.5. The van der Waals surface area contributed by atoms with Gasteiger partial charge >= 0.3 is 0 Å². The number of dihydropyridines is 1. The number of anilines is 2. The number of aliphatic imine (C=N–C) groups is 1. The highest BCUT2D eigenvalue weighted by Gasteiger charge is 2.19. The zero-order chi connectivity index (χ0) is 17.6. The number of aliphatic hydroxyl groups excluding tert-OH is 1. The number of pyridine rings is 1. The van der Waals surface area contributed by atoms with Gasteiger partial charge < -0.3 is 20.6 Å². The Kier molecular flexibility index (Phi) is 5.65. The smallest absolute Gasteiger partial charge is 0.249 e. The van der Waals surface area contributed by atoms with Crippen molar-refractivity contribution < 1.29 is 9.90 Å². The van der Waals surface area contributed by atoms with Crippen molar-refractivity contribution in [3.8, 4) is 0 Å². The second-order valence-electron chi connectivity index (χ2n) is 6.28. The number of amides is 1. The van der Waals surface area contributed by atoms with Crippen LogP contribution in [0, 0.1) is 0 Å². The van der Waals surface area contributed by atoms with Gasteiger partial charge in [-0.1, -0.05) is 0 Å². The molecule has 1 aromatic rings. The molecule has 1 fully saturated rings. The summed E-state index contributed by atoms with van der Waals surface area (Å²) in [4.78, 5) is 23.1. The summed E-state index contributed by atoms with van der Waals surface area (Å²) in [6, 6.07) is 3.92. The number of hydrogen-bond donors (Lipinski definition) is 3. The molecule has 0 atom stereocenters. The number of aliphatic hydroxyl groups is 1. The van der Waals surface area contributed by atoms with Gasteiger partial charge in [-0.05, 0) is 38.3 Å². The van der Waals surface area contributed by atoms with Crippen molar-refractivity contribution in [2.75, 3.05) is 36.4 Å². The molecule has 3 heterocycles. The third kappa shape index (κ3) is 4.36. The first-order chi connectivity index (χ1) is 12.2. The van der Waals surface area contributed by atoms with Crippen LogP contribution in [0.1, 0.15) is 26.2 Å². The van der Waals surface area contributed by atoms with Crippen LogP contribution in [0.3, 0.4) is 0 Å². The molecule has 0 bridgehead atoms. The summed E-state index contributed by atoms with van der Waals surface area (Å²) in [5.41, 5.74) is 2.47. The largest absolute Gasteiger partial charge is 0.393 e. The lowest BCUT2D eigenvalue weighted by molar-refractivity contribution is -0.117. The maximum Gasteiger partial charge on any atom is 0.249 e. The maximum absolute atomic E-state index is 12.2. The highest BCUT2D eigenvalue weighted by Crippen LogP contribution is 2.21. The molecule has 2 aliphatic rings. The molecule has 0 unspecified atom stereocenters. The van der Waals surface area contributed by atoms with E-state index < -0.39 is 0 Å². The Bertz CT molecular complexity index is 661. The average Bonchev–Trinajstić information content (AvgIpc) is 2.64. The number of likely N-dealkylation sites (N-methyl/N-ethyl adjacent to an activating group) is 1. The SMILES string of the molecule is CCNC(=O)C1=C(Nc2ccc(N3CCC(O)CC3)cn2)C=NCC1. The zero-order valence-electron chi connectivity index (χ0n) is 14.5. The lowest BCUT2D eigenvalue weighted by Crippen LogP contribution is -2.35. The molecule has 0 aliphatic carbocycles. The second kappa shape index (κ2) is 8.11. The van der Waals surface area contributed by atoms with E-state index >= 15 is 0 Å². The Hall–Kier alpha value is -2.41. The first kappa shape index (κ1) is 17.4. The summed E-state index contributed by atoms with van der Waals surface area (Å²) in [6.07, 6.45) is 5.55. The maximum atomic E-state index is 12.2. The van der Waals surface area contributed by atoms with Crippen LogP contribution in [0.2, 0.25) is 0 Å². The summed E-state index contributed by atoms with van der Waals surface area (Å²) in [5.74, 6) is 0.630. The fourth-order valence-corrected chi connectivity index (χ4v) is 3.06. The van der Waals surface area contributed by atoms with Crippen LogP contribution in [0.5, 0.6) is 0 Å². The van der Waals surface area contributed by atoms with Crippen molar-refractivity contribution >= 4 is 23.6 Å². The predicted molar refractivity (Wildman–Crippen MR) is 99.0 cm³/mol. The number of aromatic nitrogens is 1. The summed E-state index contributed by atoms with van der Waals surface area (Å²) in [5, 5.41) is 15.7. The minimum absolute atomic E-state index is 0.0559. The van der Waals surface area contributed by atoms with Gasteiger partial charge in [-0.2, -0.15) is 0 Å². The van der Waals surface area contributed by atoms with Crippen molar-refractivity contribution in [3.63, 3.8) is 0 Å². The summed E-state index contributed by atoms with van der Waals surface area (Å²) < 4.78 is 0. The highest BCUT2D eigenvalue weighted by molar-refractivity contribution is 6.02. The molecule has 7 nitrogen and oxygen atoms in total. The lowest BCUT2D eigenvalue weighted by Gasteiger charge is -2.31. The van der Waals surface area contributed by atoms with E-state index in [2.05, 4.69) is 25.5 Å². The number of allylic oxidation sites excluding steroid dienone is 1. The van der Waals surface area contributed by atoms with Crippen LogP contribution in [0.4, 0.5) is 11.5 Å². The van der Waals surface area contributed by atoms with E-state index in [0.29, 0.717) is 36.6 Å². The third-order valence-electron chi connectivity index (χ3n) is 4.49. The third-order valence-corrected chi connectivity index (χ3v) is 4.49. The average molecular weight is 343 g/mol. The minimum atomic E-state index is -0.185. The van der Waals surface area contributed by atoms with E-state index in [0.717, 1.165) is 31.6 Å². The van der Waals surface area contributed by atoms with Crippen LogP contribution in [0.15, 0.2) is 34.6 Å². The molecule has 1 saturated heterocycles. The van der Waals surface area contributed by atoms with Gasteiger partial charge in [-0.3, -0.25) is 9.79 Å². The van der Waals surface area contributed by atoms with Crippen molar-refractivity contribution in [2.24, 2.45) is 4.99 Å². The standard InChI is InChI=1S/C18H25N5O2/c1-2-20-18(25)15-5-8-19-12-16(15)22-17-4-3-13(11-21-17)23-9-6-14(24)7-10-23/h3-4,11-12,14,24H,2,5-10H2,1H3,(H,20,25)(H,21,22). The van der Waals surface area contributed by atoms with Crippen molar-refractivity contribution in [2.45, 2.75) is 32.3 Å². The molecule has 3 N–H and O–H groups in total. The molecule has 0 aromatic carbocycles. The Morgan fingerprint density at radius 2 is 2.16 bits per heavy atom. The number of rotatable bonds is 5. The summed E-state index contributed by atoms with van der Waals surface area (Å²) in [7, 11) is 0. The van der Waals surface area contributed by atoms with Gasteiger partial charge in [0.25, 0.3) is 0 Å². The molecule has 25 heavy (non-hydrogen) atoms. The van der Waals surface area contributed by atoms with Crippen LogP contribution < -0.4 is 15.5 Å². The first-order valence-corrected chi connectivity index (χ1v) is 8.84.